The molecule has 1 heterocycles. The number of hydrogen-bond donors (Lipinski definition) is 1. The minimum absolute atomic E-state index is 0.248. The summed E-state index contributed by atoms with van der Waals surface area (Å²) in [6.45, 7) is 1.95. The molecule has 0 aliphatic carbocycles. The van der Waals surface area contributed by atoms with Crippen LogP contribution in [-0.2, 0) is 4.79 Å². The van der Waals surface area contributed by atoms with Crippen LogP contribution in [0.4, 0.5) is 4.39 Å². The largest absolute Gasteiger partial charge is 0.480 e. The molecule has 1 atom stereocenters. The van der Waals surface area contributed by atoms with E-state index < -0.39 is 12.0 Å². The molecule has 4 nitrogen and oxygen atoms in total. The highest BCUT2D eigenvalue weighted by atomic mass is 19.1. The van der Waals surface area contributed by atoms with Crippen LogP contribution < -0.4 is 0 Å². The van der Waals surface area contributed by atoms with Crippen molar-refractivity contribution in [3.05, 3.63) is 35.6 Å². The molecule has 1 saturated heterocycles. The Morgan fingerprint density at radius 2 is 1.90 bits per heavy atom. The van der Waals surface area contributed by atoms with Gasteiger partial charge in [-0.2, -0.15) is 0 Å². The van der Waals surface area contributed by atoms with Gasteiger partial charge < -0.3 is 10.0 Å². The van der Waals surface area contributed by atoms with Gasteiger partial charge in [0.25, 0.3) is 0 Å². The van der Waals surface area contributed by atoms with Gasteiger partial charge in [0.2, 0.25) is 0 Å². The molecule has 1 fully saturated rings. The molecule has 0 bridgehead atoms. The summed E-state index contributed by atoms with van der Waals surface area (Å²) in [5.41, 5.74) is 0.625. The SMILES string of the molecule is CN1CCC(N(C)C(C(=O)O)c2ccc(F)cc2)CC1. The molecule has 1 aliphatic heterocycles. The highest BCUT2D eigenvalue weighted by molar-refractivity contribution is 5.75. The summed E-state index contributed by atoms with van der Waals surface area (Å²) in [4.78, 5) is 15.7. The lowest BCUT2D eigenvalue weighted by atomic mass is 9.98. The lowest BCUT2D eigenvalue weighted by molar-refractivity contribution is -0.144. The van der Waals surface area contributed by atoms with E-state index in [9.17, 15) is 14.3 Å². The van der Waals surface area contributed by atoms with Crippen LogP contribution in [0.1, 0.15) is 24.4 Å². The first-order valence-electron chi connectivity index (χ1n) is 6.88. The first kappa shape index (κ1) is 14.9. The van der Waals surface area contributed by atoms with Crippen molar-refractivity contribution in [3.8, 4) is 0 Å². The number of nitrogens with zero attached hydrogens (tertiary/aromatic N) is 2. The third-order valence-electron chi connectivity index (χ3n) is 4.09. The third kappa shape index (κ3) is 3.35. The van der Waals surface area contributed by atoms with Crippen molar-refractivity contribution in [3.63, 3.8) is 0 Å². The van der Waals surface area contributed by atoms with E-state index >= 15 is 0 Å². The van der Waals surface area contributed by atoms with Gasteiger partial charge >= 0.3 is 5.97 Å². The number of piperidine rings is 1. The molecule has 110 valence electrons. The number of rotatable bonds is 4. The number of carboxylic acid groups (broad SMARTS) is 1. The Morgan fingerprint density at radius 1 is 1.35 bits per heavy atom. The van der Waals surface area contributed by atoms with Crippen molar-refractivity contribution >= 4 is 5.97 Å². The Balaban J connectivity index is 2.16. The molecule has 2 rings (SSSR count). The van der Waals surface area contributed by atoms with E-state index in [2.05, 4.69) is 11.9 Å². The molecule has 0 saturated carbocycles. The molecular weight excluding hydrogens is 259 g/mol. The van der Waals surface area contributed by atoms with Gasteiger partial charge in [-0.05, 0) is 57.7 Å². The Labute approximate surface area is 118 Å². The maximum Gasteiger partial charge on any atom is 0.325 e. The number of carbonyl (C=O) groups is 1. The zero-order valence-electron chi connectivity index (χ0n) is 11.9. The van der Waals surface area contributed by atoms with E-state index in [1.807, 2.05) is 11.9 Å². The van der Waals surface area contributed by atoms with Crippen LogP contribution in [0.5, 0.6) is 0 Å². The van der Waals surface area contributed by atoms with E-state index in [1.165, 1.54) is 12.1 Å². The zero-order valence-corrected chi connectivity index (χ0v) is 11.9. The summed E-state index contributed by atoms with van der Waals surface area (Å²) in [5.74, 6) is -1.24. The number of likely N-dealkylation sites (tertiary alicyclic amines) is 1. The molecule has 5 heteroatoms. The highest BCUT2D eigenvalue weighted by Gasteiger charge is 2.31. The van der Waals surface area contributed by atoms with Gasteiger partial charge in [0, 0.05) is 6.04 Å². The van der Waals surface area contributed by atoms with Crippen LogP contribution in [0, 0.1) is 5.82 Å². The summed E-state index contributed by atoms with van der Waals surface area (Å²) in [7, 11) is 3.92. The van der Waals surface area contributed by atoms with Crippen LogP contribution in [-0.4, -0.2) is 54.1 Å². The van der Waals surface area contributed by atoms with Crippen LogP contribution in [0.15, 0.2) is 24.3 Å². The van der Waals surface area contributed by atoms with E-state index in [0.717, 1.165) is 25.9 Å². The Kier molecular flexibility index (Phi) is 4.73. The Bertz CT molecular complexity index is 455. The van der Waals surface area contributed by atoms with E-state index in [1.54, 1.807) is 12.1 Å². The van der Waals surface area contributed by atoms with Crippen molar-refractivity contribution in [1.82, 2.24) is 9.80 Å². The first-order chi connectivity index (χ1) is 9.49. The second-order valence-electron chi connectivity index (χ2n) is 5.49. The maximum atomic E-state index is 13.0. The van der Waals surface area contributed by atoms with Crippen LogP contribution in [0.25, 0.3) is 0 Å². The molecule has 20 heavy (non-hydrogen) atoms. The smallest absolute Gasteiger partial charge is 0.325 e. The summed E-state index contributed by atoms with van der Waals surface area (Å²) in [5, 5.41) is 9.50. The fourth-order valence-corrected chi connectivity index (χ4v) is 2.81. The van der Waals surface area contributed by atoms with Gasteiger partial charge in [-0.3, -0.25) is 9.69 Å². The first-order valence-corrected chi connectivity index (χ1v) is 6.88. The molecule has 0 aromatic heterocycles. The van der Waals surface area contributed by atoms with Crippen LogP contribution >= 0.6 is 0 Å². The average Bonchev–Trinajstić information content (AvgIpc) is 2.41. The van der Waals surface area contributed by atoms with Gasteiger partial charge in [0.1, 0.15) is 11.9 Å². The minimum Gasteiger partial charge on any atom is -0.480 e. The van der Waals surface area contributed by atoms with Crippen molar-refractivity contribution in [1.29, 1.82) is 0 Å². The maximum absolute atomic E-state index is 13.0. The molecular formula is C15H21FN2O2. The fraction of sp³-hybridized carbons (Fsp3) is 0.533. The van der Waals surface area contributed by atoms with Crippen LogP contribution in [0.2, 0.25) is 0 Å². The van der Waals surface area contributed by atoms with E-state index in [4.69, 9.17) is 0 Å². The second kappa shape index (κ2) is 6.33. The molecule has 1 aromatic rings. The normalized spacial score (nSPS) is 19.2. The number of likely N-dealkylation sites (N-methyl/N-ethyl adjacent to an activating group) is 1. The quantitative estimate of drug-likeness (QED) is 0.916. The predicted octanol–water partition coefficient (Wildman–Crippen LogP) is 1.98. The number of carboxylic acids is 1. The van der Waals surface area contributed by atoms with Gasteiger partial charge in [0.15, 0.2) is 0 Å². The molecule has 1 aromatic carbocycles. The number of aliphatic carboxylic acids is 1. The van der Waals surface area contributed by atoms with Crippen molar-refractivity contribution in [2.45, 2.75) is 24.9 Å². The lowest BCUT2D eigenvalue weighted by Gasteiger charge is -2.38. The summed E-state index contributed by atoms with van der Waals surface area (Å²) in [6.07, 6.45) is 1.91. The Hall–Kier alpha value is -1.46. The molecule has 0 amide bonds. The topological polar surface area (TPSA) is 43.8 Å². The van der Waals surface area contributed by atoms with Gasteiger partial charge in [0.05, 0.1) is 0 Å². The molecule has 1 aliphatic rings. The zero-order chi connectivity index (χ0) is 14.7. The average molecular weight is 280 g/mol. The van der Waals surface area contributed by atoms with Crippen molar-refractivity contribution in [2.24, 2.45) is 0 Å². The summed E-state index contributed by atoms with van der Waals surface area (Å²) < 4.78 is 13.0. The van der Waals surface area contributed by atoms with Gasteiger partial charge in [-0.25, -0.2) is 4.39 Å². The number of hydrogen-bond acceptors (Lipinski definition) is 3. The minimum atomic E-state index is -0.891. The molecule has 0 radical (unpaired) electrons. The monoisotopic (exact) mass is 280 g/mol. The standard InChI is InChI=1S/C15H21FN2O2/c1-17-9-7-13(8-10-17)18(2)14(15(19)20)11-3-5-12(16)6-4-11/h3-6,13-14H,7-10H2,1-2H3,(H,19,20). The van der Waals surface area contributed by atoms with Gasteiger partial charge in [-0.15, -0.1) is 0 Å². The molecule has 1 N–H and O–H groups in total. The fourth-order valence-electron chi connectivity index (χ4n) is 2.81. The number of halogens is 1. The van der Waals surface area contributed by atoms with E-state index in [-0.39, 0.29) is 11.9 Å². The Morgan fingerprint density at radius 3 is 2.40 bits per heavy atom. The van der Waals surface area contributed by atoms with Gasteiger partial charge in [-0.1, -0.05) is 12.1 Å². The molecule has 0 spiro atoms. The second-order valence-corrected chi connectivity index (χ2v) is 5.49. The highest BCUT2D eigenvalue weighted by Crippen LogP contribution is 2.26. The van der Waals surface area contributed by atoms with Crippen LogP contribution in [0.3, 0.4) is 0 Å². The number of benzene rings is 1. The van der Waals surface area contributed by atoms with Crippen molar-refractivity contribution in [2.75, 3.05) is 27.2 Å². The summed E-state index contributed by atoms with van der Waals surface area (Å²) >= 11 is 0. The molecule has 1 unspecified atom stereocenters. The lowest BCUT2D eigenvalue weighted by Crippen LogP contribution is -2.45. The summed E-state index contributed by atoms with van der Waals surface area (Å²) in [6, 6.07) is 5.27. The van der Waals surface area contributed by atoms with Crippen molar-refractivity contribution < 1.29 is 14.3 Å². The third-order valence-corrected chi connectivity index (χ3v) is 4.09. The van der Waals surface area contributed by atoms with E-state index in [0.29, 0.717) is 5.56 Å². The predicted molar refractivity (Wildman–Crippen MR) is 75.1 cm³/mol.